The van der Waals surface area contributed by atoms with E-state index >= 15 is 0 Å². The molecule has 0 aliphatic carbocycles. The number of hydrogen-bond donors (Lipinski definition) is 1. The van der Waals surface area contributed by atoms with Crippen LogP contribution in [-0.2, 0) is 80.9 Å². The minimum absolute atomic E-state index is 0.00596. The van der Waals surface area contributed by atoms with Gasteiger partial charge in [-0.25, -0.2) is 9.78 Å². The molecule has 20 nitrogen and oxygen atoms in total. The second-order valence-corrected chi connectivity index (χ2v) is 16.6. The van der Waals surface area contributed by atoms with E-state index in [1.54, 1.807) is 27.8 Å². The van der Waals surface area contributed by atoms with Gasteiger partial charge in [0.05, 0.1) is 165 Å². The summed E-state index contributed by atoms with van der Waals surface area (Å²) in [6, 6.07) is 5.78. The van der Waals surface area contributed by atoms with E-state index in [-0.39, 0.29) is 43.1 Å². The minimum atomic E-state index is -0.703. The van der Waals surface area contributed by atoms with E-state index in [1.807, 2.05) is 32.0 Å². The quantitative estimate of drug-likeness (QED) is 0.0564. The van der Waals surface area contributed by atoms with Gasteiger partial charge in [-0.3, -0.25) is 14.4 Å². The first-order valence-corrected chi connectivity index (χ1v) is 23.4. The molecular weight excluding hydrogens is 871 g/mol. The third-order valence-electron chi connectivity index (χ3n) is 7.89. The van der Waals surface area contributed by atoms with Crippen molar-refractivity contribution in [3.05, 3.63) is 24.4 Å². The van der Waals surface area contributed by atoms with E-state index < -0.39 is 17.8 Å². The zero-order valence-corrected chi connectivity index (χ0v) is 38.6. The van der Waals surface area contributed by atoms with Crippen LogP contribution in [0.4, 0.5) is 0 Å². The summed E-state index contributed by atoms with van der Waals surface area (Å²) in [4.78, 5) is 55.9. The van der Waals surface area contributed by atoms with Crippen LogP contribution in [0.1, 0.15) is 39.5 Å². The number of nitrogens with zero attached hydrogens (tertiary/aromatic N) is 2. The fourth-order valence-corrected chi connectivity index (χ4v) is 6.92. The summed E-state index contributed by atoms with van der Waals surface area (Å²) in [6.07, 6.45) is 2.19. The number of hydrogen-bond acceptors (Lipinski definition) is 20. The van der Waals surface area contributed by atoms with Crippen molar-refractivity contribution in [1.82, 2.24) is 15.4 Å². The number of imide groups is 1. The molecule has 1 aromatic heterocycles. The topological polar surface area (TPSA) is 216 Å². The predicted octanol–water partition coefficient (Wildman–Crippen LogP) is 2.30. The van der Waals surface area contributed by atoms with E-state index in [9.17, 15) is 19.2 Å². The highest BCUT2D eigenvalue weighted by Gasteiger charge is 2.32. The second kappa shape index (κ2) is 39.8. The van der Waals surface area contributed by atoms with Gasteiger partial charge in [-0.1, -0.05) is 16.9 Å². The lowest BCUT2D eigenvalue weighted by Crippen LogP contribution is -2.32. The molecule has 1 N–H and O–H groups in total. The number of carbonyl (C=O) groups excluding carboxylic acids is 4. The van der Waals surface area contributed by atoms with Crippen LogP contribution in [0.25, 0.3) is 0 Å². The molecule has 1 aliphatic heterocycles. The maximum atomic E-state index is 12.3. The van der Waals surface area contributed by atoms with Gasteiger partial charge in [0.1, 0.15) is 5.03 Å². The van der Waals surface area contributed by atoms with Crippen molar-refractivity contribution in [2.45, 2.75) is 49.3 Å². The standard InChI is InChI=1S/C41H69N3O17S2/c1-41(2,63-62-37-5-3-4-9-43-37)35-36(45)42-10-12-50-14-16-52-18-20-54-22-24-56-26-28-58-30-32-60-34-33-59-31-29-57-27-25-55-23-21-53-19-17-51-15-13-49-11-8-40(48)61-44-38(46)6-7-39(44)47/h3-5,9H,6-8,10-35H2,1-2H3,(H,42,45). The number of ether oxygens (including phenoxy) is 12. The van der Waals surface area contributed by atoms with Crippen LogP contribution in [0, 0.1) is 0 Å². The SMILES string of the molecule is CC(C)(CC(=O)NCCOCCOCCOCCOCCOCCOCCOCCOCCOCCOCCOCCOCCC(=O)ON1C(=O)CCC1=O)SSc1ccccn1. The molecule has 0 saturated carbocycles. The number of rotatable bonds is 45. The first kappa shape index (κ1) is 56.6. The Kier molecular flexibility index (Phi) is 35.7. The zero-order valence-electron chi connectivity index (χ0n) is 37.0. The fourth-order valence-electron chi connectivity index (χ4n) is 4.78. The minimum Gasteiger partial charge on any atom is -0.378 e. The number of amides is 3. The Labute approximate surface area is 379 Å². The normalized spacial score (nSPS) is 13.0. The van der Waals surface area contributed by atoms with Gasteiger partial charge in [0, 0.05) is 36.8 Å². The summed E-state index contributed by atoms with van der Waals surface area (Å²) in [7, 11) is 3.21. The summed E-state index contributed by atoms with van der Waals surface area (Å²) in [5.41, 5.74) is 0. The van der Waals surface area contributed by atoms with Crippen molar-refractivity contribution >= 4 is 45.3 Å². The lowest BCUT2D eigenvalue weighted by Gasteiger charge is -2.22. The molecule has 362 valence electrons. The largest absolute Gasteiger partial charge is 0.378 e. The van der Waals surface area contributed by atoms with E-state index in [1.165, 1.54) is 0 Å². The van der Waals surface area contributed by atoms with Gasteiger partial charge < -0.3 is 67.0 Å². The molecule has 63 heavy (non-hydrogen) atoms. The number of pyridine rings is 1. The number of aromatic nitrogens is 1. The van der Waals surface area contributed by atoms with Gasteiger partial charge in [-0.2, -0.15) is 0 Å². The maximum Gasteiger partial charge on any atom is 0.335 e. The van der Waals surface area contributed by atoms with Crippen LogP contribution < -0.4 is 5.32 Å². The molecule has 1 aliphatic rings. The van der Waals surface area contributed by atoms with Crippen LogP contribution in [0.2, 0.25) is 0 Å². The van der Waals surface area contributed by atoms with Gasteiger partial charge in [-0.15, -0.1) is 5.06 Å². The molecule has 1 fully saturated rings. The van der Waals surface area contributed by atoms with Gasteiger partial charge >= 0.3 is 5.97 Å². The summed E-state index contributed by atoms with van der Waals surface area (Å²) in [6.45, 7) is 14.7. The van der Waals surface area contributed by atoms with Crippen molar-refractivity contribution in [2.24, 2.45) is 0 Å². The van der Waals surface area contributed by atoms with Crippen molar-refractivity contribution in [2.75, 3.05) is 165 Å². The van der Waals surface area contributed by atoms with Crippen molar-refractivity contribution in [1.29, 1.82) is 0 Å². The van der Waals surface area contributed by atoms with E-state index in [4.69, 9.17) is 61.7 Å². The molecule has 22 heteroatoms. The zero-order chi connectivity index (χ0) is 45.3. The Morgan fingerprint density at radius 2 is 0.937 bits per heavy atom. The first-order valence-electron chi connectivity index (χ1n) is 21.3. The molecule has 1 saturated heterocycles. The van der Waals surface area contributed by atoms with Crippen LogP contribution in [0.5, 0.6) is 0 Å². The third kappa shape index (κ3) is 34.5. The maximum absolute atomic E-state index is 12.3. The molecule has 0 radical (unpaired) electrons. The molecule has 0 aromatic carbocycles. The Morgan fingerprint density at radius 3 is 1.30 bits per heavy atom. The lowest BCUT2D eigenvalue weighted by atomic mass is 10.1. The molecule has 0 bridgehead atoms. The lowest BCUT2D eigenvalue weighted by molar-refractivity contribution is -0.198. The summed E-state index contributed by atoms with van der Waals surface area (Å²) < 4.78 is 65.4. The van der Waals surface area contributed by atoms with Crippen LogP contribution in [0.3, 0.4) is 0 Å². The van der Waals surface area contributed by atoms with Crippen LogP contribution >= 0.6 is 21.6 Å². The Bertz CT molecular complexity index is 1290. The number of carbonyl (C=O) groups is 4. The molecule has 0 spiro atoms. The van der Waals surface area contributed by atoms with Gasteiger partial charge in [0.15, 0.2) is 0 Å². The molecule has 3 amide bonds. The smallest absolute Gasteiger partial charge is 0.335 e. The monoisotopic (exact) mass is 939 g/mol. The highest BCUT2D eigenvalue weighted by Crippen LogP contribution is 2.41. The molecular formula is C41H69N3O17S2. The molecule has 2 heterocycles. The van der Waals surface area contributed by atoms with E-state index in [0.717, 1.165) is 5.03 Å². The van der Waals surface area contributed by atoms with Gasteiger partial charge in [0.2, 0.25) is 5.91 Å². The Balaban J connectivity index is 1.16. The number of hydroxylamine groups is 2. The summed E-state index contributed by atoms with van der Waals surface area (Å²) in [5.74, 6) is -1.74. The predicted molar refractivity (Wildman–Crippen MR) is 231 cm³/mol. The highest BCUT2D eigenvalue weighted by molar-refractivity contribution is 8.77. The fraction of sp³-hybridized carbons (Fsp3) is 0.780. The van der Waals surface area contributed by atoms with Crippen molar-refractivity contribution in [3.63, 3.8) is 0 Å². The van der Waals surface area contributed by atoms with E-state index in [0.29, 0.717) is 163 Å². The van der Waals surface area contributed by atoms with E-state index in [2.05, 4.69) is 10.3 Å². The molecule has 0 atom stereocenters. The van der Waals surface area contributed by atoms with Crippen molar-refractivity contribution in [3.8, 4) is 0 Å². The average Bonchev–Trinajstić information content (AvgIpc) is 3.58. The van der Waals surface area contributed by atoms with Gasteiger partial charge in [-0.05, 0) is 36.8 Å². The molecule has 0 unspecified atom stereocenters. The molecule has 1 aromatic rings. The summed E-state index contributed by atoms with van der Waals surface area (Å²) >= 11 is 0. The van der Waals surface area contributed by atoms with Gasteiger partial charge in [0.25, 0.3) is 11.8 Å². The highest BCUT2D eigenvalue weighted by atomic mass is 33.1. The van der Waals surface area contributed by atoms with Crippen LogP contribution in [-0.4, -0.2) is 204 Å². The first-order chi connectivity index (χ1) is 30.8. The molecule has 2 rings (SSSR count). The Hall–Kier alpha value is -2.55. The second-order valence-electron chi connectivity index (χ2n) is 13.8. The third-order valence-corrected chi connectivity index (χ3v) is 11.1. The summed E-state index contributed by atoms with van der Waals surface area (Å²) in [5, 5.41) is 4.35. The number of nitrogens with one attached hydrogen (secondary N) is 1. The Morgan fingerprint density at radius 1 is 0.571 bits per heavy atom. The average molecular weight is 940 g/mol. The van der Waals surface area contributed by atoms with Crippen molar-refractivity contribution < 1.29 is 80.9 Å². The van der Waals surface area contributed by atoms with Crippen LogP contribution in [0.15, 0.2) is 29.4 Å².